The molecule has 1 N–H and O–H groups in total. The Bertz CT molecular complexity index is 251. The number of ether oxygens (including phenoxy) is 1. The molecule has 1 heterocycles. The lowest BCUT2D eigenvalue weighted by molar-refractivity contribution is 0.0512. The van der Waals surface area contributed by atoms with Crippen molar-refractivity contribution in [2.75, 3.05) is 33.9 Å². The molecule has 18 heavy (non-hydrogen) atoms. The van der Waals surface area contributed by atoms with Crippen molar-refractivity contribution in [2.24, 2.45) is 5.92 Å². The highest BCUT2D eigenvalue weighted by Gasteiger charge is 2.37. The summed E-state index contributed by atoms with van der Waals surface area (Å²) in [5.74, 6) is 0.873. The zero-order valence-electron chi connectivity index (χ0n) is 12.4. The Hall–Kier alpha value is -0.120. The zero-order valence-corrected chi connectivity index (χ0v) is 12.4. The van der Waals surface area contributed by atoms with Gasteiger partial charge in [0.15, 0.2) is 0 Å². The molecule has 0 spiro atoms. The van der Waals surface area contributed by atoms with E-state index in [1.807, 2.05) is 0 Å². The van der Waals surface area contributed by atoms with Crippen LogP contribution in [0.1, 0.15) is 45.4 Å². The highest BCUT2D eigenvalue weighted by atomic mass is 16.5. The summed E-state index contributed by atoms with van der Waals surface area (Å²) in [6.45, 7) is 5.42. The third-order valence-electron chi connectivity index (χ3n) is 4.96. The van der Waals surface area contributed by atoms with E-state index in [9.17, 15) is 0 Å². The van der Waals surface area contributed by atoms with E-state index in [4.69, 9.17) is 4.74 Å². The summed E-state index contributed by atoms with van der Waals surface area (Å²) in [6.07, 6.45) is 7.84. The minimum absolute atomic E-state index is 0.385. The fourth-order valence-electron chi connectivity index (χ4n) is 3.59. The molecule has 2 aliphatic rings. The van der Waals surface area contributed by atoms with Gasteiger partial charge in [-0.25, -0.2) is 0 Å². The molecule has 1 saturated heterocycles. The third kappa shape index (κ3) is 3.46. The second kappa shape index (κ2) is 6.36. The van der Waals surface area contributed by atoms with E-state index >= 15 is 0 Å². The van der Waals surface area contributed by atoms with Crippen LogP contribution in [-0.4, -0.2) is 50.3 Å². The molecule has 2 rings (SSSR count). The lowest BCUT2D eigenvalue weighted by atomic mass is 9.75. The number of hydrogen-bond donors (Lipinski definition) is 1. The monoisotopic (exact) mass is 254 g/mol. The molecule has 2 atom stereocenters. The van der Waals surface area contributed by atoms with Gasteiger partial charge in [0.1, 0.15) is 0 Å². The lowest BCUT2D eigenvalue weighted by Crippen LogP contribution is -2.56. The van der Waals surface area contributed by atoms with E-state index in [1.165, 1.54) is 38.5 Å². The van der Waals surface area contributed by atoms with Crippen LogP contribution in [-0.2, 0) is 4.74 Å². The molecule has 0 aromatic heterocycles. The Kier molecular flexibility index (Phi) is 5.05. The van der Waals surface area contributed by atoms with Crippen LogP contribution in [0.3, 0.4) is 0 Å². The highest BCUT2D eigenvalue weighted by Crippen LogP contribution is 2.35. The minimum Gasteiger partial charge on any atom is -0.381 e. The van der Waals surface area contributed by atoms with Crippen molar-refractivity contribution >= 4 is 0 Å². The van der Waals surface area contributed by atoms with Gasteiger partial charge >= 0.3 is 0 Å². The zero-order chi connectivity index (χ0) is 13.0. The van der Waals surface area contributed by atoms with Crippen molar-refractivity contribution in [1.29, 1.82) is 0 Å². The molecule has 0 aromatic rings. The average Bonchev–Trinajstić information content (AvgIpc) is 2.37. The second-order valence-electron chi connectivity index (χ2n) is 6.59. The van der Waals surface area contributed by atoms with Gasteiger partial charge in [-0.2, -0.15) is 0 Å². The summed E-state index contributed by atoms with van der Waals surface area (Å²) < 4.78 is 5.43. The van der Waals surface area contributed by atoms with E-state index in [1.54, 1.807) is 0 Å². The quantitative estimate of drug-likeness (QED) is 0.833. The Morgan fingerprint density at radius 1 is 1.22 bits per heavy atom. The number of likely N-dealkylation sites (N-methyl/N-ethyl adjacent to an activating group) is 1. The van der Waals surface area contributed by atoms with Gasteiger partial charge in [-0.05, 0) is 45.7 Å². The maximum atomic E-state index is 5.43. The molecule has 0 bridgehead atoms. The molecule has 0 amide bonds. The van der Waals surface area contributed by atoms with E-state index in [-0.39, 0.29) is 0 Å². The van der Waals surface area contributed by atoms with E-state index in [0.29, 0.717) is 11.6 Å². The molecule has 3 nitrogen and oxygen atoms in total. The summed E-state index contributed by atoms with van der Waals surface area (Å²) in [5.41, 5.74) is 0.385. The predicted molar refractivity (Wildman–Crippen MR) is 75.9 cm³/mol. The minimum atomic E-state index is 0.385. The van der Waals surface area contributed by atoms with Gasteiger partial charge in [0, 0.05) is 31.3 Å². The van der Waals surface area contributed by atoms with E-state index < -0.39 is 0 Å². The third-order valence-corrected chi connectivity index (χ3v) is 4.96. The van der Waals surface area contributed by atoms with Crippen molar-refractivity contribution in [3.8, 4) is 0 Å². The summed E-state index contributed by atoms with van der Waals surface area (Å²) >= 11 is 0. The van der Waals surface area contributed by atoms with Gasteiger partial charge in [-0.3, -0.25) is 0 Å². The molecule has 1 saturated carbocycles. The first kappa shape index (κ1) is 14.3. The van der Waals surface area contributed by atoms with Crippen LogP contribution < -0.4 is 5.32 Å². The van der Waals surface area contributed by atoms with Crippen LogP contribution >= 0.6 is 0 Å². The van der Waals surface area contributed by atoms with Gasteiger partial charge in [-0.15, -0.1) is 0 Å². The predicted octanol–water partition coefficient (Wildman–Crippen LogP) is 2.27. The molecule has 2 fully saturated rings. The highest BCUT2D eigenvalue weighted by molar-refractivity contribution is 4.95. The van der Waals surface area contributed by atoms with Crippen molar-refractivity contribution in [1.82, 2.24) is 10.2 Å². The van der Waals surface area contributed by atoms with Crippen LogP contribution in [0.4, 0.5) is 0 Å². The molecule has 3 heteroatoms. The van der Waals surface area contributed by atoms with Gasteiger partial charge in [-0.1, -0.05) is 19.8 Å². The smallest absolute Gasteiger partial charge is 0.0480 e. The molecular formula is C15H30N2O. The largest absolute Gasteiger partial charge is 0.381 e. The Morgan fingerprint density at radius 2 is 1.94 bits per heavy atom. The number of nitrogens with zero attached hydrogens (tertiary/aromatic N) is 1. The van der Waals surface area contributed by atoms with Gasteiger partial charge in [0.2, 0.25) is 0 Å². The van der Waals surface area contributed by atoms with Crippen LogP contribution in [0.15, 0.2) is 0 Å². The van der Waals surface area contributed by atoms with Gasteiger partial charge in [0.05, 0.1) is 0 Å². The normalized spacial score (nSPS) is 35.0. The van der Waals surface area contributed by atoms with Crippen molar-refractivity contribution in [3.05, 3.63) is 0 Å². The summed E-state index contributed by atoms with van der Waals surface area (Å²) in [6, 6.07) is 0.674. The maximum absolute atomic E-state index is 5.43. The molecule has 2 unspecified atom stereocenters. The van der Waals surface area contributed by atoms with Crippen molar-refractivity contribution in [3.63, 3.8) is 0 Å². The van der Waals surface area contributed by atoms with Crippen LogP contribution in [0.5, 0.6) is 0 Å². The Morgan fingerprint density at radius 3 is 2.56 bits per heavy atom. The first-order valence-electron chi connectivity index (χ1n) is 7.61. The standard InChI is InChI=1S/C15H30N2O/c1-13-5-4-8-15(11-13,17(2)3)12-16-14-6-9-18-10-7-14/h13-14,16H,4-12H2,1-3H3. The Labute approximate surface area is 112 Å². The van der Waals surface area contributed by atoms with E-state index in [2.05, 4.69) is 31.2 Å². The lowest BCUT2D eigenvalue weighted by Gasteiger charge is -2.46. The fourth-order valence-corrected chi connectivity index (χ4v) is 3.59. The molecule has 1 aliphatic heterocycles. The van der Waals surface area contributed by atoms with Crippen LogP contribution in [0, 0.1) is 5.92 Å². The summed E-state index contributed by atoms with van der Waals surface area (Å²) in [5, 5.41) is 3.81. The SMILES string of the molecule is CC1CCCC(CNC2CCOCC2)(N(C)C)C1. The fraction of sp³-hybridized carbons (Fsp3) is 1.00. The topological polar surface area (TPSA) is 24.5 Å². The average molecular weight is 254 g/mol. The number of nitrogens with one attached hydrogen (secondary N) is 1. The molecule has 106 valence electrons. The molecular weight excluding hydrogens is 224 g/mol. The summed E-state index contributed by atoms with van der Waals surface area (Å²) in [7, 11) is 4.51. The summed E-state index contributed by atoms with van der Waals surface area (Å²) in [4.78, 5) is 2.47. The Balaban J connectivity index is 1.89. The molecule has 0 radical (unpaired) electrons. The van der Waals surface area contributed by atoms with E-state index in [0.717, 1.165) is 25.7 Å². The van der Waals surface area contributed by atoms with Crippen LogP contribution in [0.2, 0.25) is 0 Å². The van der Waals surface area contributed by atoms with Gasteiger partial charge < -0.3 is 15.0 Å². The molecule has 0 aromatic carbocycles. The van der Waals surface area contributed by atoms with Crippen molar-refractivity contribution < 1.29 is 4.74 Å². The van der Waals surface area contributed by atoms with Crippen molar-refractivity contribution in [2.45, 2.75) is 57.0 Å². The maximum Gasteiger partial charge on any atom is 0.0480 e. The first-order valence-corrected chi connectivity index (χ1v) is 7.61. The second-order valence-corrected chi connectivity index (χ2v) is 6.59. The molecule has 1 aliphatic carbocycles. The van der Waals surface area contributed by atoms with Gasteiger partial charge in [0.25, 0.3) is 0 Å². The number of rotatable bonds is 4. The van der Waals surface area contributed by atoms with Crippen LogP contribution in [0.25, 0.3) is 0 Å². The number of hydrogen-bond acceptors (Lipinski definition) is 3. The first-order chi connectivity index (χ1) is 8.62.